The molecule has 98 valence electrons. The van der Waals surface area contributed by atoms with Gasteiger partial charge in [0.1, 0.15) is 5.82 Å². The quantitative estimate of drug-likeness (QED) is 0.891. The van der Waals surface area contributed by atoms with Crippen LogP contribution in [-0.2, 0) is 4.74 Å². The molecule has 1 saturated heterocycles. The summed E-state index contributed by atoms with van der Waals surface area (Å²) in [6.45, 7) is 5.25. The van der Waals surface area contributed by atoms with Gasteiger partial charge in [-0.3, -0.25) is 0 Å². The van der Waals surface area contributed by atoms with E-state index in [9.17, 15) is 4.79 Å². The lowest BCUT2D eigenvalue weighted by Crippen LogP contribution is -2.46. The summed E-state index contributed by atoms with van der Waals surface area (Å²) in [5.41, 5.74) is 0.0773. The zero-order valence-electron chi connectivity index (χ0n) is 10.3. The van der Waals surface area contributed by atoms with Crippen LogP contribution in [0.1, 0.15) is 24.2 Å². The highest BCUT2D eigenvalue weighted by molar-refractivity contribution is 6.35. The van der Waals surface area contributed by atoms with Crippen molar-refractivity contribution in [3.05, 3.63) is 22.8 Å². The summed E-state index contributed by atoms with van der Waals surface area (Å²) in [6.07, 6.45) is 1.61. The highest BCUT2D eigenvalue weighted by Crippen LogP contribution is 2.29. The van der Waals surface area contributed by atoms with Gasteiger partial charge in [-0.1, -0.05) is 11.6 Å². The zero-order valence-corrected chi connectivity index (χ0v) is 11.0. The Morgan fingerprint density at radius 2 is 2.11 bits per heavy atom. The molecule has 1 aromatic heterocycles. The standard InChI is InChI=1S/C12H15ClN2O3/c1-7-5-15(6-8(2)18-7)11-10(13)9(12(16)17)3-4-14-11/h3-4,7-8H,5-6H2,1-2H3,(H,16,17)/t7-,8+. The molecule has 0 unspecified atom stereocenters. The van der Waals surface area contributed by atoms with E-state index in [1.54, 1.807) is 0 Å². The van der Waals surface area contributed by atoms with Gasteiger partial charge in [-0.15, -0.1) is 0 Å². The van der Waals surface area contributed by atoms with Crippen molar-refractivity contribution in [2.24, 2.45) is 0 Å². The first-order valence-corrected chi connectivity index (χ1v) is 6.15. The Bertz CT molecular complexity index is 457. The molecule has 5 nitrogen and oxygen atoms in total. The summed E-state index contributed by atoms with van der Waals surface area (Å²) < 4.78 is 5.63. The summed E-state index contributed by atoms with van der Waals surface area (Å²) in [4.78, 5) is 17.2. The van der Waals surface area contributed by atoms with E-state index < -0.39 is 5.97 Å². The maximum absolute atomic E-state index is 11.0. The maximum atomic E-state index is 11.0. The highest BCUT2D eigenvalue weighted by Gasteiger charge is 2.26. The Morgan fingerprint density at radius 1 is 1.50 bits per heavy atom. The molecule has 2 heterocycles. The maximum Gasteiger partial charge on any atom is 0.337 e. The normalized spacial score (nSPS) is 24.1. The van der Waals surface area contributed by atoms with Crippen LogP contribution in [0.25, 0.3) is 0 Å². The van der Waals surface area contributed by atoms with Crippen LogP contribution in [0.5, 0.6) is 0 Å². The summed E-state index contributed by atoms with van der Waals surface area (Å²) in [7, 11) is 0. The lowest BCUT2D eigenvalue weighted by Gasteiger charge is -2.36. The number of rotatable bonds is 2. The third-order valence-electron chi connectivity index (χ3n) is 2.82. The number of carbonyl (C=O) groups is 1. The molecule has 0 aliphatic carbocycles. The van der Waals surface area contributed by atoms with Gasteiger partial charge in [-0.2, -0.15) is 0 Å². The Labute approximate surface area is 110 Å². The fourth-order valence-electron chi connectivity index (χ4n) is 2.17. The number of carboxylic acid groups (broad SMARTS) is 1. The van der Waals surface area contributed by atoms with Crippen molar-refractivity contribution >= 4 is 23.4 Å². The van der Waals surface area contributed by atoms with Gasteiger partial charge in [-0.25, -0.2) is 9.78 Å². The van der Waals surface area contributed by atoms with Gasteiger partial charge < -0.3 is 14.7 Å². The van der Waals surface area contributed by atoms with E-state index in [0.717, 1.165) is 0 Å². The van der Waals surface area contributed by atoms with E-state index in [0.29, 0.717) is 18.9 Å². The minimum Gasteiger partial charge on any atom is -0.478 e. The van der Waals surface area contributed by atoms with Crippen molar-refractivity contribution in [3.8, 4) is 0 Å². The van der Waals surface area contributed by atoms with Gasteiger partial charge in [-0.05, 0) is 19.9 Å². The van der Waals surface area contributed by atoms with Crippen molar-refractivity contribution in [3.63, 3.8) is 0 Å². The molecular formula is C12H15ClN2O3. The van der Waals surface area contributed by atoms with Gasteiger partial charge in [0.15, 0.2) is 0 Å². The van der Waals surface area contributed by atoms with Gasteiger partial charge in [0.25, 0.3) is 0 Å². The lowest BCUT2D eigenvalue weighted by molar-refractivity contribution is -0.00545. The van der Waals surface area contributed by atoms with Crippen LogP contribution >= 0.6 is 11.6 Å². The smallest absolute Gasteiger partial charge is 0.337 e. The number of pyridine rings is 1. The largest absolute Gasteiger partial charge is 0.478 e. The van der Waals surface area contributed by atoms with E-state index in [1.807, 2.05) is 18.7 Å². The fraction of sp³-hybridized carbons (Fsp3) is 0.500. The Morgan fingerprint density at radius 3 is 2.67 bits per heavy atom. The molecule has 0 amide bonds. The second-order valence-corrected chi connectivity index (χ2v) is 4.84. The Balaban J connectivity index is 2.33. The van der Waals surface area contributed by atoms with Gasteiger partial charge in [0, 0.05) is 19.3 Å². The number of nitrogens with zero attached hydrogens (tertiary/aromatic N) is 2. The fourth-order valence-corrected chi connectivity index (χ4v) is 2.48. The molecule has 2 rings (SSSR count). The summed E-state index contributed by atoms with van der Waals surface area (Å²) in [5, 5.41) is 9.22. The number of halogens is 1. The van der Waals surface area contributed by atoms with E-state index in [4.69, 9.17) is 21.4 Å². The Kier molecular flexibility index (Phi) is 3.73. The van der Waals surface area contributed by atoms with Crippen molar-refractivity contribution < 1.29 is 14.6 Å². The molecule has 6 heteroatoms. The molecule has 0 saturated carbocycles. The van der Waals surface area contributed by atoms with Crippen LogP contribution in [-0.4, -0.2) is 41.4 Å². The predicted molar refractivity (Wildman–Crippen MR) is 68.4 cm³/mol. The lowest BCUT2D eigenvalue weighted by atomic mass is 10.2. The zero-order chi connectivity index (χ0) is 13.3. The number of anilines is 1. The number of aromatic carboxylic acids is 1. The molecule has 0 radical (unpaired) electrons. The van der Waals surface area contributed by atoms with E-state index in [2.05, 4.69) is 4.98 Å². The molecule has 18 heavy (non-hydrogen) atoms. The number of carboxylic acids is 1. The third-order valence-corrected chi connectivity index (χ3v) is 3.19. The molecule has 1 aliphatic rings. The van der Waals surface area contributed by atoms with Gasteiger partial charge in [0.05, 0.1) is 22.8 Å². The molecule has 0 spiro atoms. The van der Waals surface area contributed by atoms with Crippen LogP contribution in [0.2, 0.25) is 5.02 Å². The number of morpholine rings is 1. The molecule has 1 aliphatic heterocycles. The number of hydrogen-bond donors (Lipinski definition) is 1. The van der Waals surface area contributed by atoms with E-state index in [1.165, 1.54) is 12.3 Å². The summed E-state index contributed by atoms with van der Waals surface area (Å²) >= 11 is 6.11. The second kappa shape index (κ2) is 5.12. The van der Waals surface area contributed by atoms with Crippen LogP contribution in [0.15, 0.2) is 12.3 Å². The minimum atomic E-state index is -1.04. The molecule has 1 aromatic rings. The van der Waals surface area contributed by atoms with Gasteiger partial charge in [0.2, 0.25) is 0 Å². The van der Waals surface area contributed by atoms with Crippen molar-refractivity contribution in [1.29, 1.82) is 0 Å². The molecule has 1 N–H and O–H groups in total. The molecule has 2 atom stereocenters. The van der Waals surface area contributed by atoms with Crippen molar-refractivity contribution in [1.82, 2.24) is 4.98 Å². The third kappa shape index (κ3) is 2.57. The Hall–Kier alpha value is -1.33. The van der Waals surface area contributed by atoms with Crippen molar-refractivity contribution in [2.75, 3.05) is 18.0 Å². The van der Waals surface area contributed by atoms with Crippen molar-refractivity contribution in [2.45, 2.75) is 26.1 Å². The summed E-state index contributed by atoms with van der Waals surface area (Å²) in [6, 6.07) is 1.40. The second-order valence-electron chi connectivity index (χ2n) is 4.46. The number of aromatic nitrogens is 1. The molecule has 0 bridgehead atoms. The SMILES string of the molecule is C[C@@H]1CN(c2nccc(C(=O)O)c2Cl)C[C@H](C)O1. The number of ether oxygens (including phenoxy) is 1. The van der Waals surface area contributed by atoms with Crippen LogP contribution in [0, 0.1) is 0 Å². The monoisotopic (exact) mass is 270 g/mol. The first-order chi connectivity index (χ1) is 8.49. The van der Waals surface area contributed by atoms with E-state index >= 15 is 0 Å². The predicted octanol–water partition coefficient (Wildman–Crippen LogP) is 2.05. The van der Waals surface area contributed by atoms with Gasteiger partial charge >= 0.3 is 5.97 Å². The molecule has 1 fully saturated rings. The topological polar surface area (TPSA) is 62.7 Å². The molecule has 0 aromatic carbocycles. The van der Waals surface area contributed by atoms with Crippen LogP contribution in [0.4, 0.5) is 5.82 Å². The highest BCUT2D eigenvalue weighted by atomic mass is 35.5. The minimum absolute atomic E-state index is 0.0695. The van der Waals surface area contributed by atoms with Crippen LogP contribution in [0.3, 0.4) is 0 Å². The average molecular weight is 271 g/mol. The van der Waals surface area contributed by atoms with Crippen LogP contribution < -0.4 is 4.90 Å². The number of hydrogen-bond acceptors (Lipinski definition) is 4. The first-order valence-electron chi connectivity index (χ1n) is 5.77. The molecular weight excluding hydrogens is 256 g/mol. The van der Waals surface area contributed by atoms with E-state index in [-0.39, 0.29) is 22.8 Å². The summed E-state index contributed by atoms with van der Waals surface area (Å²) in [5.74, 6) is -0.531. The first kappa shape index (κ1) is 13.1. The average Bonchev–Trinajstić information content (AvgIpc) is 2.27.